The summed E-state index contributed by atoms with van der Waals surface area (Å²) in [7, 11) is 0. The number of nitrogens with two attached hydrogens (primary N) is 1. The molecule has 1 heterocycles. The van der Waals surface area contributed by atoms with Crippen molar-refractivity contribution in [1.82, 2.24) is 4.90 Å². The standard InChI is InChI=1S/C13H18N4O4/c14-15-10-3-4-12(17(20)21)11(6-10)13(19)16-5-1-2-9(7-16)8-18/h3-4,6,9,15,18H,1-2,5,7-8,14H2. The second-order valence-corrected chi connectivity index (χ2v) is 5.08. The quantitative estimate of drug-likeness (QED) is 0.427. The molecule has 0 radical (unpaired) electrons. The van der Waals surface area contributed by atoms with Crippen molar-refractivity contribution in [3.63, 3.8) is 0 Å². The number of hydrazine groups is 1. The lowest BCUT2D eigenvalue weighted by Gasteiger charge is -2.31. The van der Waals surface area contributed by atoms with Gasteiger partial charge in [0.2, 0.25) is 0 Å². The number of carbonyl (C=O) groups is 1. The van der Waals surface area contributed by atoms with Crippen LogP contribution in [-0.4, -0.2) is 40.5 Å². The third kappa shape index (κ3) is 3.29. The highest BCUT2D eigenvalue weighted by molar-refractivity contribution is 5.99. The Morgan fingerprint density at radius 1 is 1.57 bits per heavy atom. The lowest BCUT2D eigenvalue weighted by Crippen LogP contribution is -2.41. The minimum Gasteiger partial charge on any atom is -0.396 e. The molecule has 1 unspecified atom stereocenters. The average molecular weight is 294 g/mol. The van der Waals surface area contributed by atoms with Crippen LogP contribution in [-0.2, 0) is 0 Å². The van der Waals surface area contributed by atoms with Crippen LogP contribution in [0.15, 0.2) is 18.2 Å². The number of likely N-dealkylation sites (tertiary alicyclic amines) is 1. The Morgan fingerprint density at radius 3 is 2.95 bits per heavy atom. The largest absolute Gasteiger partial charge is 0.396 e. The lowest BCUT2D eigenvalue weighted by atomic mass is 9.98. The molecule has 8 heteroatoms. The fourth-order valence-electron chi connectivity index (χ4n) is 2.53. The number of nitrogen functional groups attached to an aromatic ring is 1. The van der Waals surface area contributed by atoms with Gasteiger partial charge in [-0.1, -0.05) is 0 Å². The van der Waals surface area contributed by atoms with Crippen LogP contribution in [0.3, 0.4) is 0 Å². The molecule has 4 N–H and O–H groups in total. The number of hydrogen-bond acceptors (Lipinski definition) is 6. The summed E-state index contributed by atoms with van der Waals surface area (Å²) >= 11 is 0. The SMILES string of the molecule is NNc1ccc([N+](=O)[O-])c(C(=O)N2CCCC(CO)C2)c1. The molecule has 114 valence electrons. The van der Waals surface area contributed by atoms with Gasteiger partial charge in [-0.25, -0.2) is 0 Å². The molecule has 2 rings (SSSR count). The molecular weight excluding hydrogens is 276 g/mol. The number of piperidine rings is 1. The first-order valence-electron chi connectivity index (χ1n) is 6.72. The number of nitro groups is 1. The van der Waals surface area contributed by atoms with Gasteiger partial charge in [0, 0.05) is 31.5 Å². The number of hydrogen-bond donors (Lipinski definition) is 3. The van der Waals surface area contributed by atoms with Crippen molar-refractivity contribution in [3.8, 4) is 0 Å². The summed E-state index contributed by atoms with van der Waals surface area (Å²) < 4.78 is 0. The van der Waals surface area contributed by atoms with E-state index >= 15 is 0 Å². The molecule has 0 spiro atoms. The number of carbonyl (C=O) groups excluding carboxylic acids is 1. The molecule has 1 aromatic carbocycles. The molecule has 1 aromatic rings. The van der Waals surface area contributed by atoms with Crippen LogP contribution in [0.4, 0.5) is 11.4 Å². The fourth-order valence-corrected chi connectivity index (χ4v) is 2.53. The number of anilines is 1. The number of benzene rings is 1. The molecule has 1 amide bonds. The number of nitro benzene ring substituents is 1. The molecule has 1 atom stereocenters. The van der Waals surface area contributed by atoms with E-state index in [-0.39, 0.29) is 23.8 Å². The van der Waals surface area contributed by atoms with Crippen molar-refractivity contribution in [2.75, 3.05) is 25.1 Å². The first-order chi connectivity index (χ1) is 10.1. The van der Waals surface area contributed by atoms with Gasteiger partial charge >= 0.3 is 0 Å². The first kappa shape index (κ1) is 15.2. The Labute approximate surface area is 121 Å². The smallest absolute Gasteiger partial charge is 0.282 e. The molecule has 0 bridgehead atoms. The lowest BCUT2D eigenvalue weighted by molar-refractivity contribution is -0.385. The molecule has 1 saturated heterocycles. The number of amides is 1. The van der Waals surface area contributed by atoms with E-state index in [9.17, 15) is 20.0 Å². The zero-order chi connectivity index (χ0) is 15.4. The van der Waals surface area contributed by atoms with Crippen LogP contribution in [0, 0.1) is 16.0 Å². The maximum absolute atomic E-state index is 12.5. The zero-order valence-electron chi connectivity index (χ0n) is 11.5. The van der Waals surface area contributed by atoms with Crippen LogP contribution in [0.25, 0.3) is 0 Å². The highest BCUT2D eigenvalue weighted by Crippen LogP contribution is 2.26. The van der Waals surface area contributed by atoms with Crippen molar-refractivity contribution < 1.29 is 14.8 Å². The molecule has 21 heavy (non-hydrogen) atoms. The molecule has 1 fully saturated rings. The van der Waals surface area contributed by atoms with Crippen molar-refractivity contribution in [3.05, 3.63) is 33.9 Å². The second-order valence-electron chi connectivity index (χ2n) is 5.08. The third-order valence-corrected chi connectivity index (χ3v) is 3.65. The number of nitrogens with zero attached hydrogens (tertiary/aromatic N) is 2. The minimum atomic E-state index is -0.582. The summed E-state index contributed by atoms with van der Waals surface area (Å²) in [4.78, 5) is 24.6. The van der Waals surface area contributed by atoms with E-state index in [2.05, 4.69) is 5.43 Å². The van der Waals surface area contributed by atoms with Gasteiger partial charge in [-0.3, -0.25) is 20.8 Å². The van der Waals surface area contributed by atoms with Crippen LogP contribution >= 0.6 is 0 Å². The van der Waals surface area contributed by atoms with Crippen molar-refractivity contribution in [2.24, 2.45) is 11.8 Å². The Bertz CT molecular complexity index is 549. The van der Waals surface area contributed by atoms with E-state index in [1.807, 2.05) is 0 Å². The van der Waals surface area contributed by atoms with Crippen LogP contribution in [0.1, 0.15) is 23.2 Å². The Hall–Kier alpha value is -2.19. The third-order valence-electron chi connectivity index (χ3n) is 3.65. The topological polar surface area (TPSA) is 122 Å². The summed E-state index contributed by atoms with van der Waals surface area (Å²) in [5.74, 6) is 4.91. The second kappa shape index (κ2) is 6.51. The van der Waals surface area contributed by atoms with Gasteiger partial charge < -0.3 is 15.4 Å². The summed E-state index contributed by atoms with van der Waals surface area (Å²) in [5, 5.41) is 20.3. The van der Waals surface area contributed by atoms with Gasteiger partial charge in [-0.15, -0.1) is 0 Å². The summed E-state index contributed by atoms with van der Waals surface area (Å²) in [5.41, 5.74) is 2.57. The highest BCUT2D eigenvalue weighted by atomic mass is 16.6. The molecule has 8 nitrogen and oxygen atoms in total. The Morgan fingerprint density at radius 2 is 2.33 bits per heavy atom. The van der Waals surface area contributed by atoms with E-state index in [1.165, 1.54) is 18.2 Å². The van der Waals surface area contributed by atoms with E-state index in [1.54, 1.807) is 4.90 Å². The predicted octanol–water partition coefficient (Wildman–Crippen LogP) is 0.725. The maximum atomic E-state index is 12.5. The summed E-state index contributed by atoms with van der Waals surface area (Å²) in [6.45, 7) is 0.954. The number of rotatable bonds is 4. The van der Waals surface area contributed by atoms with Crippen LogP contribution in [0.5, 0.6) is 0 Å². The Balaban J connectivity index is 2.30. The van der Waals surface area contributed by atoms with E-state index < -0.39 is 10.8 Å². The van der Waals surface area contributed by atoms with Gasteiger partial charge in [-0.2, -0.15) is 0 Å². The normalized spacial score (nSPS) is 18.4. The van der Waals surface area contributed by atoms with E-state index in [0.29, 0.717) is 18.8 Å². The van der Waals surface area contributed by atoms with Gasteiger partial charge in [-0.05, 0) is 30.9 Å². The molecular formula is C13H18N4O4. The predicted molar refractivity (Wildman–Crippen MR) is 76.6 cm³/mol. The summed E-state index contributed by atoms with van der Waals surface area (Å²) in [6, 6.07) is 4.08. The maximum Gasteiger partial charge on any atom is 0.282 e. The van der Waals surface area contributed by atoms with Crippen molar-refractivity contribution in [1.29, 1.82) is 0 Å². The monoisotopic (exact) mass is 294 g/mol. The molecule has 0 saturated carbocycles. The number of aliphatic hydroxyl groups excluding tert-OH is 1. The summed E-state index contributed by atoms with van der Waals surface area (Å²) in [6.07, 6.45) is 1.63. The van der Waals surface area contributed by atoms with Gasteiger partial charge in [0.05, 0.1) is 4.92 Å². The molecule has 1 aliphatic heterocycles. The average Bonchev–Trinajstić information content (AvgIpc) is 2.53. The molecule has 0 aliphatic carbocycles. The van der Waals surface area contributed by atoms with E-state index in [0.717, 1.165) is 12.8 Å². The van der Waals surface area contributed by atoms with Crippen LogP contribution in [0.2, 0.25) is 0 Å². The highest BCUT2D eigenvalue weighted by Gasteiger charge is 2.28. The number of aliphatic hydroxyl groups is 1. The van der Waals surface area contributed by atoms with Gasteiger partial charge in [0.1, 0.15) is 5.56 Å². The first-order valence-corrected chi connectivity index (χ1v) is 6.72. The van der Waals surface area contributed by atoms with Crippen molar-refractivity contribution >= 4 is 17.3 Å². The van der Waals surface area contributed by atoms with Crippen molar-refractivity contribution in [2.45, 2.75) is 12.8 Å². The van der Waals surface area contributed by atoms with Crippen LogP contribution < -0.4 is 11.3 Å². The zero-order valence-corrected chi connectivity index (χ0v) is 11.5. The minimum absolute atomic E-state index is 0.00837. The van der Waals surface area contributed by atoms with E-state index in [4.69, 9.17) is 5.84 Å². The Kier molecular flexibility index (Phi) is 4.71. The molecule has 0 aromatic heterocycles. The molecule has 1 aliphatic rings. The fraction of sp³-hybridized carbons (Fsp3) is 0.462. The van der Waals surface area contributed by atoms with Gasteiger partial charge in [0.15, 0.2) is 0 Å². The number of nitrogens with one attached hydrogen (secondary N) is 1. The van der Waals surface area contributed by atoms with Gasteiger partial charge in [0.25, 0.3) is 11.6 Å².